The fourth-order valence-electron chi connectivity index (χ4n) is 2.65. The molecule has 0 saturated carbocycles. The normalized spacial score (nSPS) is 11.4. The molecule has 3 aromatic rings. The van der Waals surface area contributed by atoms with Gasteiger partial charge >= 0.3 is 6.18 Å². The number of nitrogens with one attached hydrogen (secondary N) is 1. The van der Waals surface area contributed by atoms with Crippen LogP contribution in [0.15, 0.2) is 70.7 Å². The van der Waals surface area contributed by atoms with Crippen molar-refractivity contribution in [1.82, 2.24) is 9.97 Å². The smallest absolute Gasteiger partial charge is 0.324 e. The lowest BCUT2D eigenvalue weighted by Crippen LogP contribution is -2.11. The van der Waals surface area contributed by atoms with E-state index in [2.05, 4.69) is 22.2 Å². The van der Waals surface area contributed by atoms with E-state index in [4.69, 9.17) is 0 Å². The Morgan fingerprint density at radius 2 is 1.71 bits per heavy atom. The monoisotopic (exact) mass is 403 g/mol. The summed E-state index contributed by atoms with van der Waals surface area (Å²) in [6.07, 6.45) is -0.708. The van der Waals surface area contributed by atoms with E-state index in [0.29, 0.717) is 4.90 Å². The van der Waals surface area contributed by atoms with Gasteiger partial charge in [-0.15, -0.1) is 0 Å². The molecular formula is C21H20F3N3S. The molecule has 3 nitrogen and oxygen atoms in total. The van der Waals surface area contributed by atoms with Crippen molar-refractivity contribution in [3.8, 4) is 0 Å². The highest BCUT2D eigenvalue weighted by molar-refractivity contribution is 7.99. The lowest BCUT2D eigenvalue weighted by atomic mass is 10.1. The number of alkyl halides is 3. The molecule has 1 heterocycles. The van der Waals surface area contributed by atoms with Gasteiger partial charge in [0.15, 0.2) is 0 Å². The minimum absolute atomic E-state index is 0.123. The lowest BCUT2D eigenvalue weighted by molar-refractivity contribution is -0.140. The molecule has 2 aromatic carbocycles. The van der Waals surface area contributed by atoms with Gasteiger partial charge in [-0.2, -0.15) is 13.2 Å². The van der Waals surface area contributed by atoms with Crippen LogP contribution in [0, 0.1) is 0 Å². The molecule has 28 heavy (non-hydrogen) atoms. The number of benzene rings is 2. The van der Waals surface area contributed by atoms with Gasteiger partial charge in [0.05, 0.1) is 0 Å². The Balaban J connectivity index is 1.92. The molecule has 0 spiro atoms. The van der Waals surface area contributed by atoms with Crippen LogP contribution in [0.25, 0.3) is 0 Å². The molecule has 0 fully saturated rings. The third kappa shape index (κ3) is 5.25. The van der Waals surface area contributed by atoms with Gasteiger partial charge in [0.25, 0.3) is 0 Å². The largest absolute Gasteiger partial charge is 0.420 e. The fourth-order valence-corrected chi connectivity index (χ4v) is 3.57. The summed E-state index contributed by atoms with van der Waals surface area (Å²) in [6.45, 7) is 2.11. The average Bonchev–Trinajstić information content (AvgIpc) is 2.67. The van der Waals surface area contributed by atoms with E-state index in [1.54, 1.807) is 24.3 Å². The Hall–Kier alpha value is -2.54. The molecule has 0 bridgehead atoms. The first kappa shape index (κ1) is 20.2. The molecule has 0 aliphatic heterocycles. The number of hydrogen-bond acceptors (Lipinski definition) is 4. The van der Waals surface area contributed by atoms with E-state index < -0.39 is 11.7 Å². The van der Waals surface area contributed by atoms with Crippen molar-refractivity contribution in [3.05, 3.63) is 71.9 Å². The summed E-state index contributed by atoms with van der Waals surface area (Å²) in [4.78, 5) is 8.76. The number of nitrogens with zero attached hydrogens (tertiary/aromatic N) is 2. The van der Waals surface area contributed by atoms with Crippen LogP contribution in [0.1, 0.15) is 30.9 Å². The predicted molar refractivity (Wildman–Crippen MR) is 106 cm³/mol. The molecule has 3 rings (SSSR count). The van der Waals surface area contributed by atoms with Gasteiger partial charge in [-0.25, -0.2) is 9.97 Å². The van der Waals surface area contributed by atoms with Gasteiger partial charge in [-0.3, -0.25) is 0 Å². The lowest BCUT2D eigenvalue weighted by Gasteiger charge is -2.14. The Morgan fingerprint density at radius 1 is 1.00 bits per heavy atom. The van der Waals surface area contributed by atoms with E-state index >= 15 is 0 Å². The van der Waals surface area contributed by atoms with E-state index in [1.807, 2.05) is 30.3 Å². The Bertz CT molecular complexity index is 914. The molecule has 0 amide bonds. The van der Waals surface area contributed by atoms with Crippen molar-refractivity contribution in [3.63, 3.8) is 0 Å². The molecule has 7 heteroatoms. The fraction of sp³-hybridized carbons (Fsp3) is 0.238. The molecule has 146 valence electrons. The summed E-state index contributed by atoms with van der Waals surface area (Å²) in [7, 11) is 0. The molecule has 1 aromatic heterocycles. The molecule has 0 saturated heterocycles. The van der Waals surface area contributed by atoms with Crippen molar-refractivity contribution in [2.24, 2.45) is 0 Å². The first-order valence-corrected chi connectivity index (χ1v) is 9.81. The van der Waals surface area contributed by atoms with Crippen LogP contribution in [-0.4, -0.2) is 9.97 Å². The minimum Gasteiger partial charge on any atom is -0.324 e. The molecule has 0 radical (unpaired) electrons. The van der Waals surface area contributed by atoms with Crippen LogP contribution in [0.5, 0.6) is 0 Å². The van der Waals surface area contributed by atoms with E-state index in [0.717, 1.165) is 48.5 Å². The van der Waals surface area contributed by atoms with Gasteiger partial charge in [-0.1, -0.05) is 61.5 Å². The van der Waals surface area contributed by atoms with Crippen molar-refractivity contribution in [2.75, 3.05) is 5.32 Å². The second-order valence-electron chi connectivity index (χ2n) is 6.21. The first-order chi connectivity index (χ1) is 13.5. The summed E-state index contributed by atoms with van der Waals surface area (Å²) < 4.78 is 40.2. The summed E-state index contributed by atoms with van der Waals surface area (Å²) in [5.74, 6) is 0.148. The molecule has 0 atom stereocenters. The summed E-state index contributed by atoms with van der Waals surface area (Å²) >= 11 is 0.973. The standard InChI is InChI=1S/C21H20F3N3S/c1-2-3-9-15-10-7-8-13-18(15)26-20-25-14-17(21(22,23)24)19(27-20)28-16-11-5-4-6-12-16/h4-8,10-14H,2-3,9H2,1H3,(H,25,26,27). The number of hydrogen-bond donors (Lipinski definition) is 1. The van der Waals surface area contributed by atoms with Gasteiger partial charge < -0.3 is 5.32 Å². The Kier molecular flexibility index (Phi) is 6.57. The molecule has 0 aliphatic carbocycles. The molecule has 1 N–H and O–H groups in total. The molecule has 0 unspecified atom stereocenters. The summed E-state index contributed by atoms with van der Waals surface area (Å²) in [5, 5.41) is 2.96. The van der Waals surface area contributed by atoms with Crippen LogP contribution in [-0.2, 0) is 12.6 Å². The SMILES string of the molecule is CCCCc1ccccc1Nc1ncc(C(F)(F)F)c(Sc2ccccc2)n1. The number of halogens is 3. The van der Waals surface area contributed by atoms with Crippen LogP contribution in [0.3, 0.4) is 0 Å². The maximum absolute atomic E-state index is 13.4. The van der Waals surface area contributed by atoms with E-state index in [9.17, 15) is 13.2 Å². The number of anilines is 2. The van der Waals surface area contributed by atoms with Crippen LogP contribution in [0.4, 0.5) is 24.8 Å². The Labute approximate surface area is 166 Å². The number of aryl methyl sites for hydroxylation is 1. The van der Waals surface area contributed by atoms with Crippen molar-refractivity contribution < 1.29 is 13.2 Å². The van der Waals surface area contributed by atoms with Crippen molar-refractivity contribution in [2.45, 2.75) is 42.3 Å². The topological polar surface area (TPSA) is 37.8 Å². The average molecular weight is 403 g/mol. The summed E-state index contributed by atoms with van der Waals surface area (Å²) in [6, 6.07) is 16.6. The van der Waals surface area contributed by atoms with Crippen LogP contribution < -0.4 is 5.32 Å². The first-order valence-electron chi connectivity index (χ1n) is 8.99. The molecule has 0 aliphatic rings. The van der Waals surface area contributed by atoms with Crippen LogP contribution >= 0.6 is 11.8 Å². The number of unbranched alkanes of at least 4 members (excludes halogenated alkanes) is 1. The van der Waals surface area contributed by atoms with Crippen molar-refractivity contribution >= 4 is 23.4 Å². The zero-order valence-electron chi connectivity index (χ0n) is 15.3. The third-order valence-electron chi connectivity index (χ3n) is 4.08. The quantitative estimate of drug-likeness (QED) is 0.444. The highest BCUT2D eigenvalue weighted by Crippen LogP contribution is 2.38. The zero-order valence-corrected chi connectivity index (χ0v) is 16.1. The maximum Gasteiger partial charge on any atom is 0.420 e. The van der Waals surface area contributed by atoms with Gasteiger partial charge in [0.2, 0.25) is 5.95 Å². The molecular weight excluding hydrogens is 383 g/mol. The number of para-hydroxylation sites is 1. The highest BCUT2D eigenvalue weighted by Gasteiger charge is 2.35. The van der Waals surface area contributed by atoms with Crippen LogP contribution in [0.2, 0.25) is 0 Å². The minimum atomic E-state index is -4.52. The second-order valence-corrected chi connectivity index (χ2v) is 7.27. The predicted octanol–water partition coefficient (Wildman–Crippen LogP) is 6.73. The zero-order chi connectivity index (χ0) is 20.0. The summed E-state index contributed by atoms with van der Waals surface area (Å²) in [5.41, 5.74) is 1.06. The van der Waals surface area contributed by atoms with Gasteiger partial charge in [-0.05, 0) is 36.6 Å². The van der Waals surface area contributed by atoms with Crippen molar-refractivity contribution in [1.29, 1.82) is 0 Å². The third-order valence-corrected chi connectivity index (χ3v) is 5.09. The van der Waals surface area contributed by atoms with Gasteiger partial charge in [0.1, 0.15) is 10.6 Å². The van der Waals surface area contributed by atoms with Gasteiger partial charge in [0, 0.05) is 16.8 Å². The van der Waals surface area contributed by atoms with E-state index in [-0.39, 0.29) is 11.0 Å². The van der Waals surface area contributed by atoms with E-state index in [1.165, 1.54) is 0 Å². The Morgan fingerprint density at radius 3 is 2.43 bits per heavy atom. The maximum atomic E-state index is 13.4. The second kappa shape index (κ2) is 9.10. The highest BCUT2D eigenvalue weighted by atomic mass is 32.2. The number of aromatic nitrogens is 2. The number of rotatable bonds is 7.